The number of benzene rings is 2. The average Bonchev–Trinajstić information content (AvgIpc) is 2.65. The van der Waals surface area contributed by atoms with Crippen LogP contribution in [0.4, 0.5) is 5.69 Å². The maximum absolute atomic E-state index is 12.2. The SMILES string of the molecule is COc1cc(/C=C/C(=O)Nc2ccc(C(C)C)cc2)cc(OC)c1OC. The molecule has 0 saturated heterocycles. The summed E-state index contributed by atoms with van der Waals surface area (Å²) in [5.41, 5.74) is 2.76. The van der Waals surface area contributed by atoms with Crippen LogP contribution < -0.4 is 19.5 Å². The van der Waals surface area contributed by atoms with Crippen LogP contribution >= 0.6 is 0 Å². The Labute approximate surface area is 154 Å². The third-order valence-electron chi connectivity index (χ3n) is 3.96. The van der Waals surface area contributed by atoms with E-state index in [-0.39, 0.29) is 5.91 Å². The van der Waals surface area contributed by atoms with Crippen LogP contribution in [0.1, 0.15) is 30.9 Å². The average molecular weight is 355 g/mol. The minimum Gasteiger partial charge on any atom is -0.493 e. The molecule has 0 spiro atoms. The highest BCUT2D eigenvalue weighted by atomic mass is 16.5. The molecule has 0 aliphatic carbocycles. The summed E-state index contributed by atoms with van der Waals surface area (Å²) in [4.78, 5) is 12.2. The zero-order valence-electron chi connectivity index (χ0n) is 15.8. The van der Waals surface area contributed by atoms with Gasteiger partial charge in [-0.25, -0.2) is 0 Å². The number of nitrogens with one attached hydrogen (secondary N) is 1. The van der Waals surface area contributed by atoms with E-state index in [2.05, 4.69) is 19.2 Å². The topological polar surface area (TPSA) is 56.8 Å². The predicted octanol–water partition coefficient (Wildman–Crippen LogP) is 4.49. The standard InChI is InChI=1S/C21H25NO4/c1-14(2)16-7-9-17(10-8-16)22-20(23)11-6-15-12-18(24-3)21(26-5)19(13-15)25-4/h6-14H,1-5H3,(H,22,23)/b11-6+. The lowest BCUT2D eigenvalue weighted by Crippen LogP contribution is -2.07. The molecule has 0 saturated carbocycles. The number of carbonyl (C=O) groups is 1. The molecule has 0 unspecified atom stereocenters. The van der Waals surface area contributed by atoms with Gasteiger partial charge in [0, 0.05) is 11.8 Å². The summed E-state index contributed by atoms with van der Waals surface area (Å²) in [6, 6.07) is 11.4. The Hall–Kier alpha value is -2.95. The van der Waals surface area contributed by atoms with E-state index in [0.29, 0.717) is 23.2 Å². The minimum atomic E-state index is -0.212. The van der Waals surface area contributed by atoms with E-state index < -0.39 is 0 Å². The Balaban J connectivity index is 2.12. The van der Waals surface area contributed by atoms with Crippen LogP contribution in [0.15, 0.2) is 42.5 Å². The van der Waals surface area contributed by atoms with Crippen LogP contribution in [-0.2, 0) is 4.79 Å². The molecular weight excluding hydrogens is 330 g/mol. The second-order valence-corrected chi connectivity index (χ2v) is 6.06. The van der Waals surface area contributed by atoms with E-state index in [1.807, 2.05) is 24.3 Å². The highest BCUT2D eigenvalue weighted by Gasteiger charge is 2.12. The zero-order valence-corrected chi connectivity index (χ0v) is 15.8. The van der Waals surface area contributed by atoms with Gasteiger partial charge in [0.15, 0.2) is 11.5 Å². The lowest BCUT2D eigenvalue weighted by atomic mass is 10.0. The number of methoxy groups -OCH3 is 3. The van der Waals surface area contributed by atoms with Crippen molar-refractivity contribution in [1.29, 1.82) is 0 Å². The summed E-state index contributed by atoms with van der Waals surface area (Å²) in [5.74, 6) is 1.84. The normalized spacial score (nSPS) is 10.8. The molecule has 1 N–H and O–H groups in total. The number of rotatable bonds is 7. The molecule has 0 bridgehead atoms. The van der Waals surface area contributed by atoms with Crippen LogP contribution in [0.3, 0.4) is 0 Å². The van der Waals surface area contributed by atoms with Crippen molar-refractivity contribution in [2.24, 2.45) is 0 Å². The van der Waals surface area contributed by atoms with Crippen molar-refractivity contribution in [1.82, 2.24) is 0 Å². The van der Waals surface area contributed by atoms with Gasteiger partial charge in [0.1, 0.15) is 0 Å². The monoisotopic (exact) mass is 355 g/mol. The lowest BCUT2D eigenvalue weighted by molar-refractivity contribution is -0.111. The molecule has 26 heavy (non-hydrogen) atoms. The molecule has 2 rings (SSSR count). The van der Waals surface area contributed by atoms with E-state index in [1.54, 1.807) is 39.5 Å². The lowest BCUT2D eigenvalue weighted by Gasteiger charge is -2.12. The van der Waals surface area contributed by atoms with E-state index in [0.717, 1.165) is 11.3 Å². The van der Waals surface area contributed by atoms with Crippen LogP contribution in [-0.4, -0.2) is 27.2 Å². The van der Waals surface area contributed by atoms with Crippen molar-refractivity contribution in [3.8, 4) is 17.2 Å². The first kappa shape index (κ1) is 19.4. The first-order valence-corrected chi connectivity index (χ1v) is 8.37. The van der Waals surface area contributed by atoms with Crippen molar-refractivity contribution < 1.29 is 19.0 Å². The third-order valence-corrected chi connectivity index (χ3v) is 3.96. The molecule has 0 aliphatic heterocycles. The first-order chi connectivity index (χ1) is 12.5. The van der Waals surface area contributed by atoms with Crippen molar-refractivity contribution >= 4 is 17.7 Å². The van der Waals surface area contributed by atoms with E-state index >= 15 is 0 Å². The molecule has 0 aliphatic rings. The van der Waals surface area contributed by atoms with Gasteiger partial charge in [0.25, 0.3) is 0 Å². The van der Waals surface area contributed by atoms with E-state index in [1.165, 1.54) is 11.6 Å². The number of hydrogen-bond acceptors (Lipinski definition) is 4. The number of anilines is 1. The molecule has 0 aromatic heterocycles. The van der Waals surface area contributed by atoms with Gasteiger partial charge in [-0.1, -0.05) is 26.0 Å². The molecule has 138 valence electrons. The van der Waals surface area contributed by atoms with E-state index in [9.17, 15) is 4.79 Å². The summed E-state index contributed by atoms with van der Waals surface area (Å²) in [5, 5.41) is 2.85. The molecule has 0 fully saturated rings. The van der Waals surface area contributed by atoms with Crippen LogP contribution in [0.25, 0.3) is 6.08 Å². The van der Waals surface area contributed by atoms with Gasteiger partial charge >= 0.3 is 0 Å². The fraction of sp³-hybridized carbons (Fsp3) is 0.286. The molecule has 5 heteroatoms. The Morgan fingerprint density at radius 1 is 0.962 bits per heavy atom. The van der Waals surface area contributed by atoms with Crippen LogP contribution in [0.2, 0.25) is 0 Å². The van der Waals surface area contributed by atoms with Crippen LogP contribution in [0.5, 0.6) is 17.2 Å². The maximum Gasteiger partial charge on any atom is 0.248 e. The molecule has 2 aromatic rings. The fourth-order valence-electron chi connectivity index (χ4n) is 2.50. The van der Waals surface area contributed by atoms with Crippen molar-refractivity contribution in [2.75, 3.05) is 26.6 Å². The summed E-state index contributed by atoms with van der Waals surface area (Å²) >= 11 is 0. The fourth-order valence-corrected chi connectivity index (χ4v) is 2.50. The number of ether oxygens (including phenoxy) is 3. The van der Waals surface area contributed by atoms with Gasteiger partial charge in [0.2, 0.25) is 11.7 Å². The minimum absolute atomic E-state index is 0.212. The van der Waals surface area contributed by atoms with Crippen molar-refractivity contribution in [3.05, 3.63) is 53.6 Å². The van der Waals surface area contributed by atoms with Crippen LogP contribution in [0, 0.1) is 0 Å². The van der Waals surface area contributed by atoms with Gasteiger partial charge < -0.3 is 19.5 Å². The molecule has 0 radical (unpaired) electrons. The zero-order chi connectivity index (χ0) is 19.1. The summed E-state index contributed by atoms with van der Waals surface area (Å²) in [6.45, 7) is 4.27. The summed E-state index contributed by atoms with van der Waals surface area (Å²) < 4.78 is 15.9. The Morgan fingerprint density at radius 2 is 1.54 bits per heavy atom. The number of amides is 1. The highest BCUT2D eigenvalue weighted by molar-refractivity contribution is 6.02. The quantitative estimate of drug-likeness (QED) is 0.744. The molecule has 5 nitrogen and oxygen atoms in total. The van der Waals surface area contributed by atoms with E-state index in [4.69, 9.17) is 14.2 Å². The summed E-state index contributed by atoms with van der Waals surface area (Å²) in [7, 11) is 4.66. The van der Waals surface area contributed by atoms with Gasteiger partial charge in [-0.3, -0.25) is 4.79 Å². The number of hydrogen-bond donors (Lipinski definition) is 1. The largest absolute Gasteiger partial charge is 0.493 e. The van der Waals surface area contributed by atoms with Crippen molar-refractivity contribution in [2.45, 2.75) is 19.8 Å². The molecule has 2 aromatic carbocycles. The molecule has 1 amide bonds. The Kier molecular flexibility index (Phi) is 6.67. The Bertz CT molecular complexity index is 754. The van der Waals surface area contributed by atoms with Gasteiger partial charge in [-0.2, -0.15) is 0 Å². The van der Waals surface area contributed by atoms with Gasteiger partial charge in [-0.05, 0) is 47.4 Å². The predicted molar refractivity (Wildman–Crippen MR) is 104 cm³/mol. The summed E-state index contributed by atoms with van der Waals surface area (Å²) in [6.07, 6.45) is 3.17. The molecule has 0 atom stereocenters. The smallest absolute Gasteiger partial charge is 0.248 e. The Morgan fingerprint density at radius 3 is 2.00 bits per heavy atom. The second-order valence-electron chi connectivity index (χ2n) is 6.06. The molecule has 0 heterocycles. The van der Waals surface area contributed by atoms with Gasteiger partial charge in [0.05, 0.1) is 21.3 Å². The first-order valence-electron chi connectivity index (χ1n) is 8.37. The third kappa shape index (κ3) is 4.79. The van der Waals surface area contributed by atoms with Crippen molar-refractivity contribution in [3.63, 3.8) is 0 Å². The van der Waals surface area contributed by atoms with Gasteiger partial charge in [-0.15, -0.1) is 0 Å². The highest BCUT2D eigenvalue weighted by Crippen LogP contribution is 2.38. The number of carbonyl (C=O) groups excluding carboxylic acids is 1. The second kappa shape index (κ2) is 8.94. The maximum atomic E-state index is 12.2. The molecular formula is C21H25NO4.